The average molecular weight is 352 g/mol. The quantitative estimate of drug-likeness (QED) is 0.828. The summed E-state index contributed by atoms with van der Waals surface area (Å²) in [6, 6.07) is 5.58. The lowest BCUT2D eigenvalue weighted by Crippen LogP contribution is -2.33. The molecule has 1 aromatic heterocycles. The lowest BCUT2D eigenvalue weighted by Gasteiger charge is -2.30. The summed E-state index contributed by atoms with van der Waals surface area (Å²) in [6.07, 6.45) is 0.677. The molecule has 8 heteroatoms. The van der Waals surface area contributed by atoms with Gasteiger partial charge in [0.1, 0.15) is 0 Å². The van der Waals surface area contributed by atoms with Crippen LogP contribution < -0.4 is 9.80 Å². The lowest BCUT2D eigenvalue weighted by atomic mass is 9.94. The second-order valence-corrected chi connectivity index (χ2v) is 6.85. The number of Topliss-reactive ketones (excluding diaryl/α,β-unsaturated/α-hetero) is 1. The third-order valence-electron chi connectivity index (χ3n) is 5.34. The Morgan fingerprint density at radius 3 is 2.81 bits per heavy atom. The molecule has 2 aliphatic rings. The van der Waals surface area contributed by atoms with E-state index in [0.717, 1.165) is 22.5 Å². The van der Waals surface area contributed by atoms with Crippen molar-refractivity contribution in [1.82, 2.24) is 20.2 Å². The summed E-state index contributed by atoms with van der Waals surface area (Å²) in [4.78, 5) is 28.4. The number of tetrazole rings is 1. The van der Waals surface area contributed by atoms with Crippen LogP contribution in [0.25, 0.3) is 0 Å². The first kappa shape index (κ1) is 16.4. The van der Waals surface area contributed by atoms with Crippen LogP contribution in [-0.4, -0.2) is 46.0 Å². The average Bonchev–Trinajstić information content (AvgIpc) is 3.19. The van der Waals surface area contributed by atoms with Crippen LogP contribution in [0.3, 0.4) is 0 Å². The van der Waals surface area contributed by atoms with Gasteiger partial charge in [0, 0.05) is 37.5 Å². The first-order valence-electron chi connectivity index (χ1n) is 8.52. The largest absolute Gasteiger partial charge is 0.316 e. The van der Waals surface area contributed by atoms with Gasteiger partial charge in [-0.2, -0.15) is 0 Å². The van der Waals surface area contributed by atoms with Gasteiger partial charge in [-0.3, -0.25) is 9.59 Å². The molecule has 26 heavy (non-hydrogen) atoms. The van der Waals surface area contributed by atoms with E-state index < -0.39 is 0 Å². The van der Waals surface area contributed by atoms with Gasteiger partial charge in [-0.15, -0.1) is 0 Å². The molecular formula is C18H20N6O2. The highest BCUT2D eigenvalue weighted by Crippen LogP contribution is 2.33. The Labute approximate surface area is 151 Å². The van der Waals surface area contributed by atoms with E-state index in [1.54, 1.807) is 16.6 Å². The first-order valence-corrected chi connectivity index (χ1v) is 8.52. The summed E-state index contributed by atoms with van der Waals surface area (Å²) in [5, 5.41) is 11.7. The zero-order valence-electron chi connectivity index (χ0n) is 15.2. The monoisotopic (exact) mass is 352 g/mol. The Morgan fingerprint density at radius 1 is 1.27 bits per heavy atom. The maximum Gasteiger partial charge on any atom is 0.250 e. The van der Waals surface area contributed by atoms with Crippen LogP contribution in [0.15, 0.2) is 29.5 Å². The van der Waals surface area contributed by atoms with Gasteiger partial charge in [0.25, 0.3) is 0 Å². The number of fused-ring (bicyclic) bond motifs is 2. The second kappa shape index (κ2) is 5.76. The lowest BCUT2D eigenvalue weighted by molar-refractivity contribution is -0.117. The molecule has 0 radical (unpaired) electrons. The molecule has 2 aliphatic heterocycles. The Hall–Kier alpha value is -3.03. The van der Waals surface area contributed by atoms with Crippen LogP contribution in [0.5, 0.6) is 0 Å². The van der Waals surface area contributed by atoms with Gasteiger partial charge < -0.3 is 9.80 Å². The number of ketones is 1. The van der Waals surface area contributed by atoms with Crippen molar-refractivity contribution < 1.29 is 9.59 Å². The van der Waals surface area contributed by atoms with Gasteiger partial charge in [0.05, 0.1) is 12.5 Å². The molecule has 8 nitrogen and oxygen atoms in total. The van der Waals surface area contributed by atoms with Gasteiger partial charge in [0.2, 0.25) is 11.9 Å². The predicted octanol–water partition coefficient (Wildman–Crippen LogP) is 1.29. The highest BCUT2D eigenvalue weighted by molar-refractivity contribution is 6.02. The molecule has 1 atom stereocenters. The minimum atomic E-state index is -0.217. The number of hydrogen-bond acceptors (Lipinski definition) is 6. The minimum absolute atomic E-state index is 0.0422. The molecule has 0 fully saturated rings. The second-order valence-electron chi connectivity index (χ2n) is 6.85. The van der Waals surface area contributed by atoms with E-state index in [9.17, 15) is 9.59 Å². The number of likely N-dealkylation sites (N-methyl/N-ethyl adjacent to an activating group) is 1. The van der Waals surface area contributed by atoms with Crippen molar-refractivity contribution in [3.8, 4) is 0 Å². The fourth-order valence-electron chi connectivity index (χ4n) is 3.76. The smallest absolute Gasteiger partial charge is 0.250 e. The number of benzene rings is 1. The fraction of sp³-hybridized carbons (Fsp3) is 0.389. The van der Waals surface area contributed by atoms with Crippen molar-refractivity contribution in [2.24, 2.45) is 0 Å². The van der Waals surface area contributed by atoms with Crippen molar-refractivity contribution >= 4 is 23.3 Å². The van der Waals surface area contributed by atoms with Gasteiger partial charge in [-0.05, 0) is 41.5 Å². The zero-order valence-corrected chi connectivity index (χ0v) is 15.2. The van der Waals surface area contributed by atoms with Crippen molar-refractivity contribution in [2.75, 3.05) is 23.9 Å². The Bertz CT molecular complexity index is 960. The molecule has 0 N–H and O–H groups in total. The van der Waals surface area contributed by atoms with Crippen molar-refractivity contribution in [1.29, 1.82) is 0 Å². The van der Waals surface area contributed by atoms with Crippen molar-refractivity contribution in [3.05, 3.63) is 40.6 Å². The van der Waals surface area contributed by atoms with Gasteiger partial charge >= 0.3 is 0 Å². The van der Waals surface area contributed by atoms with Gasteiger partial charge in [-0.25, -0.2) is 4.68 Å². The van der Waals surface area contributed by atoms with Crippen LogP contribution >= 0.6 is 0 Å². The fourth-order valence-corrected chi connectivity index (χ4v) is 3.76. The molecule has 0 unspecified atom stereocenters. The molecule has 0 saturated heterocycles. The number of anilines is 2. The van der Waals surface area contributed by atoms with Crippen LogP contribution in [0, 0.1) is 0 Å². The van der Waals surface area contributed by atoms with E-state index in [4.69, 9.17) is 0 Å². The molecule has 0 aliphatic carbocycles. The van der Waals surface area contributed by atoms with E-state index in [0.29, 0.717) is 17.9 Å². The number of allylic oxidation sites excluding steroid dienone is 2. The van der Waals surface area contributed by atoms with E-state index in [2.05, 4.69) is 15.5 Å². The first-order chi connectivity index (χ1) is 12.4. The molecular weight excluding hydrogens is 332 g/mol. The number of aromatic nitrogens is 4. The summed E-state index contributed by atoms with van der Waals surface area (Å²) < 4.78 is 1.66. The number of carbonyl (C=O) groups excluding carboxylic acids is 2. The summed E-state index contributed by atoms with van der Waals surface area (Å²) >= 11 is 0. The summed E-state index contributed by atoms with van der Waals surface area (Å²) in [7, 11) is 3.63. The molecule has 4 rings (SSSR count). The summed E-state index contributed by atoms with van der Waals surface area (Å²) in [6.45, 7) is 3.85. The maximum absolute atomic E-state index is 13.1. The third-order valence-corrected chi connectivity index (χ3v) is 5.34. The highest BCUT2D eigenvalue weighted by Gasteiger charge is 2.32. The molecule has 0 saturated carbocycles. The standard InChI is InChI=1S/C18H20N6O2/c1-10-17(11(2)24-18(22(10)3)19-20-21-24)15(25)8-12-5-6-14-13(7-12)9-16(26)23(14)4/h5-7,11H,8-9H2,1-4H3/t11-/m1/s1. The number of rotatable bonds is 3. The Morgan fingerprint density at radius 2 is 2.04 bits per heavy atom. The van der Waals surface area contributed by atoms with Crippen LogP contribution in [0.1, 0.15) is 31.0 Å². The molecule has 2 aromatic rings. The van der Waals surface area contributed by atoms with Crippen LogP contribution in [-0.2, 0) is 22.4 Å². The SMILES string of the molecule is CC1=C(C(=O)Cc2ccc3c(c2)CC(=O)N3C)[C@@H](C)n2nnnc2N1C. The number of nitrogens with zero attached hydrogens (tertiary/aromatic N) is 6. The molecule has 1 aromatic carbocycles. The topological polar surface area (TPSA) is 84.2 Å². The molecule has 0 bridgehead atoms. The van der Waals surface area contributed by atoms with E-state index in [1.165, 1.54) is 0 Å². The van der Waals surface area contributed by atoms with Crippen molar-refractivity contribution in [3.63, 3.8) is 0 Å². The molecule has 134 valence electrons. The van der Waals surface area contributed by atoms with Crippen LogP contribution in [0.4, 0.5) is 11.6 Å². The molecule has 3 heterocycles. The third kappa shape index (κ3) is 2.33. The van der Waals surface area contributed by atoms with Gasteiger partial charge in [0.15, 0.2) is 5.78 Å². The molecule has 1 amide bonds. The molecule has 0 spiro atoms. The van der Waals surface area contributed by atoms with Crippen LogP contribution in [0.2, 0.25) is 0 Å². The number of amides is 1. The van der Waals surface area contributed by atoms with E-state index in [1.807, 2.05) is 44.0 Å². The summed E-state index contributed by atoms with van der Waals surface area (Å²) in [5.74, 6) is 0.752. The highest BCUT2D eigenvalue weighted by atomic mass is 16.2. The van der Waals surface area contributed by atoms with E-state index in [-0.39, 0.29) is 24.2 Å². The van der Waals surface area contributed by atoms with E-state index >= 15 is 0 Å². The number of hydrogen-bond donors (Lipinski definition) is 0. The predicted molar refractivity (Wildman–Crippen MR) is 95.9 cm³/mol. The Balaban J connectivity index is 1.62. The normalized spacial score (nSPS) is 19.1. The minimum Gasteiger partial charge on any atom is -0.316 e. The van der Waals surface area contributed by atoms with Gasteiger partial charge in [-0.1, -0.05) is 17.2 Å². The van der Waals surface area contributed by atoms with Crippen molar-refractivity contribution in [2.45, 2.75) is 32.7 Å². The summed E-state index contributed by atoms with van der Waals surface area (Å²) in [5.41, 5.74) is 4.38. The zero-order chi connectivity index (χ0) is 18.6. The maximum atomic E-state index is 13.1. The Kier molecular flexibility index (Phi) is 3.64. The number of carbonyl (C=O) groups is 2.